The lowest BCUT2D eigenvalue weighted by molar-refractivity contribution is -0.384. The lowest BCUT2D eigenvalue weighted by Gasteiger charge is -1.95. The summed E-state index contributed by atoms with van der Waals surface area (Å²) < 4.78 is 13.4. The number of nitrogens with zero attached hydrogens (tertiary/aromatic N) is 4. The lowest BCUT2D eigenvalue weighted by atomic mass is 10.1. The van der Waals surface area contributed by atoms with Crippen LogP contribution < -0.4 is 0 Å². The summed E-state index contributed by atoms with van der Waals surface area (Å²) in [5.74, 6) is 0. The van der Waals surface area contributed by atoms with Crippen LogP contribution in [0.15, 0.2) is 30.5 Å². The van der Waals surface area contributed by atoms with Gasteiger partial charge in [-0.2, -0.15) is 0 Å². The second-order valence-corrected chi connectivity index (χ2v) is 3.36. The van der Waals surface area contributed by atoms with E-state index < -0.39 is 11.6 Å². The van der Waals surface area contributed by atoms with Gasteiger partial charge >= 0.3 is 0 Å². The number of nitro benzene ring substituents is 1. The molecule has 0 spiro atoms. The van der Waals surface area contributed by atoms with Crippen LogP contribution in [0, 0.1) is 10.1 Å². The third kappa shape index (κ3) is 2.44. The monoisotopic (exact) mass is 235 g/mol. The first-order valence-corrected chi connectivity index (χ1v) is 4.91. The van der Waals surface area contributed by atoms with Gasteiger partial charge in [-0.25, -0.2) is 9.07 Å². The Morgan fingerprint density at radius 3 is 3.00 bits per heavy atom. The van der Waals surface area contributed by atoms with Gasteiger partial charge in [-0.3, -0.25) is 10.1 Å². The highest BCUT2D eigenvalue weighted by atomic mass is 18.2. The third-order valence-corrected chi connectivity index (χ3v) is 2.21. The molecule has 0 amide bonds. The highest BCUT2D eigenvalue weighted by Gasteiger charge is 2.09. The molecule has 0 aliphatic rings. The smallest absolute Gasteiger partial charge is 0.258 e. The lowest BCUT2D eigenvalue weighted by Crippen LogP contribution is -1.99. The first-order valence-electron chi connectivity index (χ1n) is 4.91. The van der Waals surface area contributed by atoms with Gasteiger partial charge < -0.3 is 0 Å². The fourth-order valence-corrected chi connectivity index (χ4v) is 1.41. The summed E-state index contributed by atoms with van der Waals surface area (Å²) in [6, 6.07) is 6.07. The highest BCUT2D eigenvalue weighted by molar-refractivity contribution is 5.61. The summed E-state index contributed by atoms with van der Waals surface area (Å²) in [4.78, 5) is 10.1. The Balaban J connectivity index is 2.32. The predicted molar refractivity (Wildman–Crippen MR) is 58.1 cm³/mol. The van der Waals surface area contributed by atoms with E-state index in [2.05, 4.69) is 10.3 Å². The van der Waals surface area contributed by atoms with E-state index in [0.29, 0.717) is 11.3 Å². The Kier molecular flexibility index (Phi) is 3.08. The van der Waals surface area contributed by atoms with Crippen molar-refractivity contribution < 1.29 is 9.31 Å². The van der Waals surface area contributed by atoms with Crippen molar-refractivity contribution in [1.29, 1.82) is 0 Å². The molecule has 0 unspecified atom stereocenters. The minimum atomic E-state index is -0.530. The molecule has 0 bridgehead atoms. The van der Waals surface area contributed by atoms with Gasteiger partial charge in [0, 0.05) is 17.7 Å². The predicted octanol–water partition coefficient (Wildman–Crippen LogP) is 1.82. The minimum Gasteiger partial charge on any atom is -0.258 e. The van der Waals surface area contributed by atoms with E-state index in [9.17, 15) is 14.5 Å². The fraction of sp³-hybridized carbons (Fsp3) is 0.200. The van der Waals surface area contributed by atoms with E-state index in [-0.39, 0.29) is 12.2 Å². The largest absolute Gasteiger partial charge is 0.270 e. The molecule has 1 aromatic carbocycles. The Bertz CT molecular complexity index is 541. The molecule has 17 heavy (non-hydrogen) atoms. The summed E-state index contributed by atoms with van der Waals surface area (Å²) >= 11 is 0. The molecule has 2 aromatic rings. The zero-order valence-electron chi connectivity index (χ0n) is 8.78. The van der Waals surface area contributed by atoms with Crippen LogP contribution in [0.5, 0.6) is 0 Å². The zero-order valence-corrected chi connectivity index (χ0v) is 8.78. The number of aromatic nitrogens is 3. The van der Waals surface area contributed by atoms with Gasteiger partial charge in [-0.15, -0.1) is 5.10 Å². The summed E-state index contributed by atoms with van der Waals surface area (Å²) in [5.41, 5.74) is 1.06. The molecule has 2 rings (SSSR count). The molecule has 0 atom stereocenters. The SMILES string of the molecule is O=[N+]([O-])c1cccc(-c2cn(CC[18F])nn2)c1. The van der Waals surface area contributed by atoms with Crippen molar-refractivity contribution in [3.8, 4) is 11.3 Å². The summed E-state index contributed by atoms with van der Waals surface area (Å²) in [7, 11) is 0. The maximum absolute atomic E-state index is 12.1. The van der Waals surface area contributed by atoms with E-state index in [0.717, 1.165) is 0 Å². The molecule has 1 aromatic heterocycles. The molecule has 0 saturated carbocycles. The van der Waals surface area contributed by atoms with Crippen LogP contribution >= 0.6 is 0 Å². The van der Waals surface area contributed by atoms with Crippen molar-refractivity contribution in [1.82, 2.24) is 15.0 Å². The standard InChI is InChI=1S/C10H9FN4O2/c11-4-5-14-7-10(12-13-14)8-2-1-3-9(6-8)15(16)17/h1-3,6-7H,4-5H2/i11-1. The van der Waals surface area contributed by atoms with Crippen molar-refractivity contribution >= 4 is 5.69 Å². The maximum Gasteiger partial charge on any atom is 0.270 e. The number of hydrogen-bond donors (Lipinski definition) is 0. The maximum atomic E-state index is 12.1. The van der Waals surface area contributed by atoms with Crippen LogP contribution in [0.1, 0.15) is 0 Å². The highest BCUT2D eigenvalue weighted by Crippen LogP contribution is 2.21. The Morgan fingerprint density at radius 2 is 2.29 bits per heavy atom. The van der Waals surface area contributed by atoms with Crippen LogP contribution in [-0.4, -0.2) is 26.6 Å². The van der Waals surface area contributed by atoms with Crippen LogP contribution in [0.2, 0.25) is 0 Å². The zero-order chi connectivity index (χ0) is 12.3. The van der Waals surface area contributed by atoms with Crippen molar-refractivity contribution in [2.45, 2.75) is 6.54 Å². The summed E-state index contributed by atoms with van der Waals surface area (Å²) in [6.45, 7) is -0.403. The second-order valence-electron chi connectivity index (χ2n) is 3.36. The van der Waals surface area contributed by atoms with Crippen LogP contribution in [-0.2, 0) is 6.54 Å². The van der Waals surface area contributed by atoms with Gasteiger partial charge in [0.05, 0.1) is 17.7 Å². The number of hydrogen-bond acceptors (Lipinski definition) is 4. The van der Waals surface area contributed by atoms with Gasteiger partial charge in [0.15, 0.2) is 0 Å². The van der Waals surface area contributed by atoms with Gasteiger partial charge in [0.25, 0.3) is 5.69 Å². The third-order valence-electron chi connectivity index (χ3n) is 2.21. The van der Waals surface area contributed by atoms with Gasteiger partial charge in [-0.05, 0) is 0 Å². The number of rotatable bonds is 4. The molecule has 6 nitrogen and oxygen atoms in total. The molecule has 0 aliphatic carbocycles. The summed E-state index contributed by atoms with van der Waals surface area (Å²) in [5, 5.41) is 18.1. The first kappa shape index (κ1) is 11.2. The second kappa shape index (κ2) is 4.69. The minimum absolute atomic E-state index is 0.0115. The molecular weight excluding hydrogens is 226 g/mol. The van der Waals surface area contributed by atoms with Crippen LogP contribution in [0.25, 0.3) is 11.3 Å². The van der Waals surface area contributed by atoms with Gasteiger partial charge in [0.1, 0.15) is 12.4 Å². The van der Waals surface area contributed by atoms with E-state index in [1.165, 1.54) is 16.8 Å². The summed E-state index contributed by atoms with van der Waals surface area (Å²) in [6.07, 6.45) is 1.55. The number of aryl methyl sites for hydroxylation is 1. The molecule has 0 aliphatic heterocycles. The van der Waals surface area contributed by atoms with Gasteiger partial charge in [0.2, 0.25) is 0 Å². The van der Waals surface area contributed by atoms with Crippen molar-refractivity contribution in [3.05, 3.63) is 40.6 Å². The van der Waals surface area contributed by atoms with Crippen molar-refractivity contribution in [3.63, 3.8) is 0 Å². The topological polar surface area (TPSA) is 73.8 Å². The molecule has 88 valence electrons. The Morgan fingerprint density at radius 1 is 1.47 bits per heavy atom. The van der Waals surface area contributed by atoms with E-state index >= 15 is 0 Å². The first-order chi connectivity index (χ1) is 8.20. The molecular formula is C10H9FN4O2. The van der Waals surface area contributed by atoms with E-state index in [1.54, 1.807) is 18.3 Å². The number of alkyl halides is 1. The molecule has 7 heteroatoms. The molecule has 0 radical (unpaired) electrons. The van der Waals surface area contributed by atoms with Crippen molar-refractivity contribution in [2.75, 3.05) is 6.67 Å². The average Bonchev–Trinajstić information content (AvgIpc) is 2.78. The Hall–Kier alpha value is -2.31. The molecule has 0 N–H and O–H groups in total. The molecule has 0 saturated heterocycles. The van der Waals surface area contributed by atoms with Gasteiger partial charge in [-0.1, -0.05) is 17.3 Å². The number of benzene rings is 1. The number of nitro groups is 1. The number of halogens is 1. The van der Waals surface area contributed by atoms with E-state index in [1.807, 2.05) is 0 Å². The Labute approximate surface area is 95.8 Å². The normalized spacial score (nSPS) is 10.4. The average molecular weight is 235 g/mol. The quantitative estimate of drug-likeness (QED) is 0.598. The van der Waals surface area contributed by atoms with Crippen LogP contribution in [0.3, 0.4) is 0 Å². The van der Waals surface area contributed by atoms with Crippen molar-refractivity contribution in [2.24, 2.45) is 0 Å². The number of non-ortho nitro benzene ring substituents is 1. The van der Waals surface area contributed by atoms with E-state index in [4.69, 9.17) is 0 Å². The fourth-order valence-electron chi connectivity index (χ4n) is 1.41. The van der Waals surface area contributed by atoms with Crippen LogP contribution in [0.4, 0.5) is 10.1 Å². The molecule has 0 fully saturated rings. The molecule has 1 heterocycles.